The molecule has 0 fully saturated rings. The van der Waals surface area contributed by atoms with E-state index in [0.717, 1.165) is 5.56 Å². The van der Waals surface area contributed by atoms with Crippen LogP contribution >= 0.6 is 11.3 Å². The fourth-order valence-electron chi connectivity index (χ4n) is 1.75. The Balaban J connectivity index is 2.73. The summed E-state index contributed by atoms with van der Waals surface area (Å²) in [4.78, 5) is 14.0. The molecule has 17 heavy (non-hydrogen) atoms. The number of carbonyl (C=O) groups excluding carboxylic acids is 1. The molecule has 0 aromatic carbocycles. The van der Waals surface area contributed by atoms with Crippen molar-refractivity contribution in [2.45, 2.75) is 39.2 Å². The second kappa shape index (κ2) is 5.65. The summed E-state index contributed by atoms with van der Waals surface area (Å²) in [5.41, 5.74) is 0.203. The van der Waals surface area contributed by atoms with Gasteiger partial charge in [-0.15, -0.1) is 0 Å². The zero-order valence-corrected chi connectivity index (χ0v) is 11.8. The molecule has 1 unspecified atom stereocenters. The molecule has 1 atom stereocenters. The highest BCUT2D eigenvalue weighted by molar-refractivity contribution is 7.08. The first kappa shape index (κ1) is 14.2. The number of likely N-dealkylation sites (N-methyl/N-ethyl adjacent to an activating group) is 1. The summed E-state index contributed by atoms with van der Waals surface area (Å²) in [6.07, 6.45) is 0. The fraction of sp³-hybridized carbons (Fsp3) is 0.615. The molecule has 4 heteroatoms. The first-order valence-electron chi connectivity index (χ1n) is 5.88. The topological polar surface area (TPSA) is 40.5 Å². The average molecular weight is 255 g/mol. The molecule has 1 aromatic heterocycles. The molecule has 0 saturated heterocycles. The molecule has 0 bridgehead atoms. The first-order chi connectivity index (χ1) is 7.85. The Morgan fingerprint density at radius 1 is 1.59 bits per heavy atom. The number of hydrogen-bond acceptors (Lipinski definition) is 3. The Labute approximate surface area is 107 Å². The molecular formula is C13H21NO2S. The molecule has 0 aliphatic heterocycles. The van der Waals surface area contributed by atoms with Crippen molar-refractivity contribution in [3.05, 3.63) is 22.4 Å². The monoisotopic (exact) mass is 255 g/mol. The third-order valence-corrected chi connectivity index (χ3v) is 3.39. The Hall–Kier alpha value is -0.870. The summed E-state index contributed by atoms with van der Waals surface area (Å²) in [6, 6.07) is 1.98. The summed E-state index contributed by atoms with van der Waals surface area (Å²) < 4.78 is 0. The van der Waals surface area contributed by atoms with Crippen LogP contribution in [0.5, 0.6) is 0 Å². The molecule has 0 aliphatic rings. The third-order valence-electron chi connectivity index (χ3n) is 2.68. The Bertz CT molecular complexity index is 354. The summed E-state index contributed by atoms with van der Waals surface area (Å²) in [5, 5.41) is 13.8. The summed E-state index contributed by atoms with van der Waals surface area (Å²) in [5.74, 6) is -0.0587. The summed E-state index contributed by atoms with van der Waals surface area (Å²) in [7, 11) is 0. The average Bonchev–Trinajstić information content (AvgIpc) is 2.75. The molecule has 1 N–H and O–H groups in total. The third kappa shape index (κ3) is 4.13. The van der Waals surface area contributed by atoms with Gasteiger partial charge in [-0.25, -0.2) is 0 Å². The highest BCUT2D eigenvalue weighted by atomic mass is 32.1. The Morgan fingerprint density at radius 3 is 2.65 bits per heavy atom. The van der Waals surface area contributed by atoms with Crippen LogP contribution < -0.4 is 0 Å². The molecule has 0 radical (unpaired) electrons. The highest BCUT2D eigenvalue weighted by Crippen LogP contribution is 2.21. The van der Waals surface area contributed by atoms with E-state index in [1.54, 1.807) is 30.1 Å². The predicted molar refractivity (Wildman–Crippen MR) is 71.3 cm³/mol. The minimum Gasteiger partial charge on any atom is -0.389 e. The van der Waals surface area contributed by atoms with Gasteiger partial charge in [-0.2, -0.15) is 11.3 Å². The van der Waals surface area contributed by atoms with Gasteiger partial charge >= 0.3 is 0 Å². The van der Waals surface area contributed by atoms with Crippen LogP contribution in [-0.4, -0.2) is 34.6 Å². The molecule has 96 valence electrons. The van der Waals surface area contributed by atoms with E-state index in [2.05, 4.69) is 0 Å². The van der Waals surface area contributed by atoms with E-state index in [0.29, 0.717) is 13.1 Å². The van der Waals surface area contributed by atoms with Crippen LogP contribution in [0.1, 0.15) is 39.2 Å². The maximum Gasteiger partial charge on any atom is 0.229 e. The van der Waals surface area contributed by atoms with Gasteiger partial charge in [0.05, 0.1) is 11.5 Å². The van der Waals surface area contributed by atoms with Gasteiger partial charge in [0.2, 0.25) is 5.91 Å². The lowest BCUT2D eigenvalue weighted by Gasteiger charge is -2.30. The molecule has 1 aromatic rings. The standard InChI is InChI=1S/C13H21NO2S/c1-5-14(9-13(3,4)16)12(15)10(2)11-6-7-17-8-11/h6-8,10,16H,5,9H2,1-4H3. The van der Waals surface area contributed by atoms with Crippen molar-refractivity contribution < 1.29 is 9.90 Å². The van der Waals surface area contributed by atoms with Gasteiger partial charge in [0.25, 0.3) is 0 Å². The van der Waals surface area contributed by atoms with Crippen molar-refractivity contribution in [3.63, 3.8) is 0 Å². The van der Waals surface area contributed by atoms with E-state index in [4.69, 9.17) is 0 Å². The van der Waals surface area contributed by atoms with E-state index in [1.165, 1.54) is 0 Å². The van der Waals surface area contributed by atoms with Crippen LogP contribution in [0.2, 0.25) is 0 Å². The lowest BCUT2D eigenvalue weighted by atomic mass is 10.0. The van der Waals surface area contributed by atoms with Crippen LogP contribution in [0, 0.1) is 0 Å². The number of nitrogens with zero attached hydrogens (tertiary/aromatic N) is 1. The minimum atomic E-state index is -0.847. The number of rotatable bonds is 5. The van der Waals surface area contributed by atoms with Crippen molar-refractivity contribution in [1.29, 1.82) is 0 Å². The van der Waals surface area contributed by atoms with Crippen LogP contribution in [-0.2, 0) is 4.79 Å². The number of aliphatic hydroxyl groups is 1. The fourth-order valence-corrected chi connectivity index (χ4v) is 2.50. The van der Waals surface area contributed by atoms with Crippen molar-refractivity contribution in [3.8, 4) is 0 Å². The van der Waals surface area contributed by atoms with Gasteiger partial charge in [0.1, 0.15) is 0 Å². The van der Waals surface area contributed by atoms with Crippen LogP contribution in [0.25, 0.3) is 0 Å². The van der Waals surface area contributed by atoms with Crippen molar-refractivity contribution >= 4 is 17.2 Å². The largest absolute Gasteiger partial charge is 0.389 e. The predicted octanol–water partition coefficient (Wildman–Crippen LogP) is 2.47. The highest BCUT2D eigenvalue weighted by Gasteiger charge is 2.25. The SMILES string of the molecule is CCN(CC(C)(C)O)C(=O)C(C)c1ccsc1. The van der Waals surface area contributed by atoms with Gasteiger partial charge in [0, 0.05) is 13.1 Å². The van der Waals surface area contributed by atoms with Crippen molar-refractivity contribution in [2.75, 3.05) is 13.1 Å². The smallest absolute Gasteiger partial charge is 0.229 e. The molecule has 0 aliphatic carbocycles. The number of carbonyl (C=O) groups is 1. The van der Waals surface area contributed by atoms with Gasteiger partial charge in [-0.3, -0.25) is 4.79 Å². The maximum atomic E-state index is 12.3. The lowest BCUT2D eigenvalue weighted by Crippen LogP contribution is -2.43. The molecule has 1 rings (SSSR count). The Kier molecular flexibility index (Phi) is 4.71. The van der Waals surface area contributed by atoms with Crippen LogP contribution in [0.4, 0.5) is 0 Å². The van der Waals surface area contributed by atoms with Gasteiger partial charge in [0.15, 0.2) is 0 Å². The molecule has 1 heterocycles. The van der Waals surface area contributed by atoms with Gasteiger partial charge in [-0.05, 0) is 50.1 Å². The van der Waals surface area contributed by atoms with Crippen LogP contribution in [0.3, 0.4) is 0 Å². The minimum absolute atomic E-state index is 0.0769. The second-order valence-electron chi connectivity index (χ2n) is 4.94. The number of amides is 1. The van der Waals surface area contributed by atoms with Gasteiger partial charge < -0.3 is 10.0 Å². The first-order valence-corrected chi connectivity index (χ1v) is 6.82. The zero-order chi connectivity index (χ0) is 13.1. The normalized spacial score (nSPS) is 13.5. The summed E-state index contributed by atoms with van der Waals surface area (Å²) >= 11 is 1.60. The van der Waals surface area contributed by atoms with Crippen molar-refractivity contribution in [2.24, 2.45) is 0 Å². The van der Waals surface area contributed by atoms with Gasteiger partial charge in [-0.1, -0.05) is 0 Å². The molecule has 0 saturated carbocycles. The van der Waals surface area contributed by atoms with E-state index < -0.39 is 5.60 Å². The van der Waals surface area contributed by atoms with E-state index in [-0.39, 0.29) is 11.8 Å². The zero-order valence-electron chi connectivity index (χ0n) is 10.9. The lowest BCUT2D eigenvalue weighted by molar-refractivity contribution is -0.135. The molecular weight excluding hydrogens is 234 g/mol. The maximum absolute atomic E-state index is 12.3. The van der Waals surface area contributed by atoms with E-state index in [1.807, 2.05) is 30.7 Å². The van der Waals surface area contributed by atoms with E-state index >= 15 is 0 Å². The summed E-state index contributed by atoms with van der Waals surface area (Å²) in [6.45, 7) is 8.28. The number of thiophene rings is 1. The molecule has 1 amide bonds. The number of hydrogen-bond donors (Lipinski definition) is 1. The van der Waals surface area contributed by atoms with Crippen molar-refractivity contribution in [1.82, 2.24) is 4.90 Å². The second-order valence-corrected chi connectivity index (χ2v) is 5.72. The van der Waals surface area contributed by atoms with Crippen LogP contribution in [0.15, 0.2) is 16.8 Å². The molecule has 0 spiro atoms. The molecule has 3 nitrogen and oxygen atoms in total. The Morgan fingerprint density at radius 2 is 2.24 bits per heavy atom. The quantitative estimate of drug-likeness (QED) is 0.878. The van der Waals surface area contributed by atoms with E-state index in [9.17, 15) is 9.90 Å².